The minimum absolute atomic E-state index is 0.272. The lowest BCUT2D eigenvalue weighted by Gasteiger charge is -2.21. The zero-order valence-electron chi connectivity index (χ0n) is 13.4. The first-order valence-corrected chi connectivity index (χ1v) is 9.15. The van der Waals surface area contributed by atoms with Gasteiger partial charge in [0, 0.05) is 50.3 Å². The fourth-order valence-corrected chi connectivity index (χ4v) is 4.98. The van der Waals surface area contributed by atoms with Crippen molar-refractivity contribution in [2.24, 2.45) is 11.8 Å². The van der Waals surface area contributed by atoms with Gasteiger partial charge in [-0.15, -0.1) is 0 Å². The van der Waals surface area contributed by atoms with Crippen molar-refractivity contribution in [1.82, 2.24) is 9.97 Å². The molecule has 25 heavy (non-hydrogen) atoms. The van der Waals surface area contributed by atoms with Gasteiger partial charge >= 0.3 is 0 Å². The number of benzene rings is 1. The van der Waals surface area contributed by atoms with Crippen molar-refractivity contribution in [3.63, 3.8) is 0 Å². The Morgan fingerprint density at radius 2 is 1.76 bits per heavy atom. The maximum Gasteiger partial charge on any atom is 0.186 e. The molecule has 0 amide bonds. The van der Waals surface area contributed by atoms with Crippen LogP contribution in [0, 0.1) is 23.5 Å². The number of nitrogens with zero attached hydrogens (tertiary/aromatic N) is 4. The molecule has 2 unspecified atom stereocenters. The highest BCUT2D eigenvalue weighted by atomic mass is 32.1. The summed E-state index contributed by atoms with van der Waals surface area (Å²) in [5.41, 5.74) is 0.272. The first-order valence-electron chi connectivity index (χ1n) is 8.34. The normalized spacial score (nSPS) is 22.8. The van der Waals surface area contributed by atoms with E-state index in [1.807, 2.05) is 24.4 Å². The van der Waals surface area contributed by atoms with Gasteiger partial charge in [0.2, 0.25) is 0 Å². The highest BCUT2D eigenvalue weighted by Crippen LogP contribution is 2.38. The zero-order valence-corrected chi connectivity index (χ0v) is 14.2. The number of aromatic nitrogens is 2. The average Bonchev–Trinajstić information content (AvgIpc) is 3.27. The van der Waals surface area contributed by atoms with E-state index in [9.17, 15) is 8.78 Å². The summed E-state index contributed by atoms with van der Waals surface area (Å²) in [5.74, 6) is 0.995. The van der Waals surface area contributed by atoms with Gasteiger partial charge < -0.3 is 9.80 Å². The van der Waals surface area contributed by atoms with Crippen molar-refractivity contribution in [2.75, 3.05) is 36.0 Å². The Morgan fingerprint density at radius 3 is 2.48 bits per heavy atom. The number of fused-ring (bicyclic) bond motifs is 2. The van der Waals surface area contributed by atoms with Crippen LogP contribution in [-0.4, -0.2) is 36.1 Å². The van der Waals surface area contributed by atoms with Crippen LogP contribution in [0.5, 0.6) is 0 Å². The molecule has 5 rings (SSSR count). The molecule has 2 saturated heterocycles. The first-order chi connectivity index (χ1) is 12.2. The van der Waals surface area contributed by atoms with Gasteiger partial charge in [-0.25, -0.2) is 18.7 Å². The molecule has 4 nitrogen and oxygen atoms in total. The fraction of sp³-hybridized carbons (Fsp3) is 0.333. The van der Waals surface area contributed by atoms with E-state index in [0.29, 0.717) is 16.5 Å². The predicted octanol–water partition coefficient (Wildman–Crippen LogP) is 3.54. The van der Waals surface area contributed by atoms with E-state index in [2.05, 4.69) is 19.8 Å². The van der Waals surface area contributed by atoms with Gasteiger partial charge in [-0.1, -0.05) is 17.4 Å². The third-order valence-corrected chi connectivity index (χ3v) is 6.20. The van der Waals surface area contributed by atoms with E-state index in [4.69, 9.17) is 0 Å². The second-order valence-electron chi connectivity index (χ2n) is 6.75. The van der Waals surface area contributed by atoms with Crippen LogP contribution in [0.15, 0.2) is 36.5 Å². The second-order valence-corrected chi connectivity index (χ2v) is 7.76. The Labute approximate surface area is 147 Å². The summed E-state index contributed by atoms with van der Waals surface area (Å²) in [7, 11) is 0. The Bertz CT molecular complexity index is 915. The number of hydrogen-bond acceptors (Lipinski definition) is 5. The summed E-state index contributed by atoms with van der Waals surface area (Å²) < 4.78 is 27.8. The number of thiazole rings is 1. The van der Waals surface area contributed by atoms with E-state index in [1.54, 1.807) is 0 Å². The van der Waals surface area contributed by atoms with E-state index in [0.717, 1.165) is 43.2 Å². The average molecular weight is 358 g/mol. The minimum atomic E-state index is -0.585. The Hall–Kier alpha value is -2.28. The molecule has 0 spiro atoms. The predicted molar refractivity (Wildman–Crippen MR) is 95.2 cm³/mol. The molecule has 0 aliphatic carbocycles. The molecule has 1 aromatic carbocycles. The first kappa shape index (κ1) is 15.0. The number of rotatable bonds is 2. The summed E-state index contributed by atoms with van der Waals surface area (Å²) in [6, 6.07) is 8.24. The second kappa shape index (κ2) is 5.62. The lowest BCUT2D eigenvalue weighted by Crippen LogP contribution is -2.29. The molecule has 128 valence electrons. The molecule has 0 saturated carbocycles. The number of anilines is 2. The lowest BCUT2D eigenvalue weighted by molar-refractivity contribution is 0.533. The van der Waals surface area contributed by atoms with Crippen molar-refractivity contribution in [3.05, 3.63) is 48.2 Å². The highest BCUT2D eigenvalue weighted by Gasteiger charge is 2.41. The molecule has 0 bridgehead atoms. The van der Waals surface area contributed by atoms with Crippen LogP contribution in [0.4, 0.5) is 19.7 Å². The summed E-state index contributed by atoms with van der Waals surface area (Å²) in [5, 5.41) is 0.790. The fourth-order valence-electron chi connectivity index (χ4n) is 3.96. The van der Waals surface area contributed by atoms with Gasteiger partial charge in [0.25, 0.3) is 0 Å². The Morgan fingerprint density at radius 1 is 1.00 bits per heavy atom. The summed E-state index contributed by atoms with van der Waals surface area (Å²) in [6.07, 6.45) is 1.82. The third-order valence-electron chi connectivity index (χ3n) is 5.13. The van der Waals surface area contributed by atoms with Crippen molar-refractivity contribution < 1.29 is 8.78 Å². The number of halogens is 2. The van der Waals surface area contributed by atoms with E-state index in [-0.39, 0.29) is 5.52 Å². The summed E-state index contributed by atoms with van der Waals surface area (Å²) in [4.78, 5) is 13.4. The molecule has 2 fully saturated rings. The van der Waals surface area contributed by atoms with Crippen LogP contribution in [0.2, 0.25) is 0 Å². The molecule has 0 radical (unpaired) electrons. The quantitative estimate of drug-likeness (QED) is 0.701. The van der Waals surface area contributed by atoms with Crippen molar-refractivity contribution in [2.45, 2.75) is 0 Å². The molecule has 2 aliphatic rings. The lowest BCUT2D eigenvalue weighted by atomic mass is 10.0. The smallest absolute Gasteiger partial charge is 0.186 e. The van der Waals surface area contributed by atoms with Gasteiger partial charge in [0.15, 0.2) is 10.9 Å². The van der Waals surface area contributed by atoms with E-state index in [1.165, 1.54) is 17.4 Å². The SMILES string of the molecule is Fc1cc(F)c2nc(N3CC4CN(c5ccccn5)CC4C3)sc2c1. The molecular formula is C18H16F2N4S. The summed E-state index contributed by atoms with van der Waals surface area (Å²) in [6.45, 7) is 3.76. The maximum atomic E-state index is 13.9. The van der Waals surface area contributed by atoms with Crippen molar-refractivity contribution in [1.29, 1.82) is 0 Å². The Kier molecular flexibility index (Phi) is 3.38. The molecule has 0 N–H and O–H groups in total. The zero-order chi connectivity index (χ0) is 17.0. The summed E-state index contributed by atoms with van der Waals surface area (Å²) >= 11 is 1.37. The molecule has 2 aliphatic heterocycles. The third kappa shape index (κ3) is 2.54. The monoisotopic (exact) mass is 358 g/mol. The molecule has 2 atom stereocenters. The van der Waals surface area contributed by atoms with Crippen LogP contribution in [0.25, 0.3) is 10.2 Å². The van der Waals surface area contributed by atoms with Crippen LogP contribution in [0.1, 0.15) is 0 Å². The van der Waals surface area contributed by atoms with Gasteiger partial charge in [-0.2, -0.15) is 0 Å². The van der Waals surface area contributed by atoms with Gasteiger partial charge in [0.05, 0.1) is 4.70 Å². The largest absolute Gasteiger partial charge is 0.356 e. The van der Waals surface area contributed by atoms with Crippen LogP contribution < -0.4 is 9.80 Å². The van der Waals surface area contributed by atoms with E-state index >= 15 is 0 Å². The molecular weight excluding hydrogens is 342 g/mol. The van der Waals surface area contributed by atoms with Gasteiger partial charge in [-0.3, -0.25) is 0 Å². The van der Waals surface area contributed by atoms with Crippen LogP contribution >= 0.6 is 11.3 Å². The number of pyridine rings is 1. The standard InChI is InChI=1S/C18H16F2N4S/c19-13-5-14(20)17-15(6-13)25-18(22-17)24-9-11-7-23(8-12(11)10-24)16-3-1-2-4-21-16/h1-6,11-12H,7-10H2. The maximum absolute atomic E-state index is 13.9. The van der Waals surface area contributed by atoms with Crippen LogP contribution in [-0.2, 0) is 0 Å². The minimum Gasteiger partial charge on any atom is -0.356 e. The van der Waals surface area contributed by atoms with Gasteiger partial charge in [-0.05, 0) is 18.2 Å². The Balaban J connectivity index is 1.35. The van der Waals surface area contributed by atoms with Crippen molar-refractivity contribution in [3.8, 4) is 0 Å². The van der Waals surface area contributed by atoms with Crippen LogP contribution in [0.3, 0.4) is 0 Å². The topological polar surface area (TPSA) is 32.3 Å². The van der Waals surface area contributed by atoms with Gasteiger partial charge in [0.1, 0.15) is 17.2 Å². The molecule has 2 aromatic heterocycles. The van der Waals surface area contributed by atoms with E-state index < -0.39 is 11.6 Å². The van der Waals surface area contributed by atoms with Crippen molar-refractivity contribution >= 4 is 32.5 Å². The molecule has 7 heteroatoms. The molecule has 4 heterocycles. The molecule has 3 aromatic rings. The highest BCUT2D eigenvalue weighted by molar-refractivity contribution is 7.22. The number of hydrogen-bond donors (Lipinski definition) is 0.